The summed E-state index contributed by atoms with van der Waals surface area (Å²) in [5, 5.41) is 0.664. The summed E-state index contributed by atoms with van der Waals surface area (Å²) in [6, 6.07) is 19.6. The van der Waals surface area contributed by atoms with Crippen molar-refractivity contribution in [2.45, 2.75) is 6.04 Å². The molecule has 0 spiro atoms. The molecule has 1 aliphatic heterocycles. The predicted octanol–water partition coefficient (Wildman–Crippen LogP) is 3.86. The highest BCUT2D eigenvalue weighted by molar-refractivity contribution is 7.92. The summed E-state index contributed by atoms with van der Waals surface area (Å²) in [6.45, 7) is 3.03. The van der Waals surface area contributed by atoms with Crippen LogP contribution in [0.2, 0.25) is 10.0 Å². The minimum atomic E-state index is -3.41. The first-order chi connectivity index (χ1) is 20.4. The van der Waals surface area contributed by atoms with Gasteiger partial charge in [-0.1, -0.05) is 59.6 Å². The molecule has 0 radical (unpaired) electrons. The lowest BCUT2D eigenvalue weighted by atomic mass is 9.99. The van der Waals surface area contributed by atoms with Crippen molar-refractivity contribution in [3.8, 4) is 11.1 Å². The van der Waals surface area contributed by atoms with Crippen molar-refractivity contribution in [1.29, 1.82) is 0 Å². The maximum atomic E-state index is 13.7. The van der Waals surface area contributed by atoms with Gasteiger partial charge in [0.15, 0.2) is 0 Å². The van der Waals surface area contributed by atoms with Crippen LogP contribution in [0.4, 0.5) is 11.4 Å². The van der Waals surface area contributed by atoms with Crippen LogP contribution >= 0.6 is 23.2 Å². The maximum Gasteiger partial charge on any atom is 0.242 e. The SMILES string of the molecule is CN(C(=O)CN(CC(N)=O)c1ccc(Cl)c(Cl)c1)C(CN1CCOCC1)c1ccc(-c2cccc(NS(C)(=O)=O)c2)cc1. The third-order valence-corrected chi connectivity index (χ3v) is 8.48. The molecule has 1 unspecified atom stereocenters. The highest BCUT2D eigenvalue weighted by Gasteiger charge is 2.27. The number of nitrogens with zero attached hydrogens (tertiary/aromatic N) is 3. The topological polar surface area (TPSA) is 125 Å². The number of hydrogen-bond donors (Lipinski definition) is 2. The summed E-state index contributed by atoms with van der Waals surface area (Å²) in [5.74, 6) is -0.799. The Kier molecular flexibility index (Phi) is 10.9. The van der Waals surface area contributed by atoms with Crippen LogP contribution in [0.5, 0.6) is 0 Å². The molecule has 230 valence electrons. The van der Waals surface area contributed by atoms with Crippen LogP contribution in [0.3, 0.4) is 0 Å². The average molecular weight is 649 g/mol. The van der Waals surface area contributed by atoms with E-state index in [9.17, 15) is 18.0 Å². The van der Waals surface area contributed by atoms with Gasteiger partial charge < -0.3 is 20.3 Å². The Hall–Kier alpha value is -3.35. The highest BCUT2D eigenvalue weighted by atomic mass is 35.5. The van der Waals surface area contributed by atoms with Gasteiger partial charge in [0.1, 0.15) is 0 Å². The van der Waals surface area contributed by atoms with E-state index >= 15 is 0 Å². The van der Waals surface area contributed by atoms with Gasteiger partial charge in [-0.2, -0.15) is 0 Å². The lowest BCUT2D eigenvalue weighted by molar-refractivity contribution is -0.131. The van der Waals surface area contributed by atoms with E-state index in [0.29, 0.717) is 41.2 Å². The second-order valence-electron chi connectivity index (χ2n) is 10.4. The number of morpholine rings is 1. The van der Waals surface area contributed by atoms with E-state index in [4.69, 9.17) is 33.7 Å². The minimum Gasteiger partial charge on any atom is -0.379 e. The molecule has 1 atom stereocenters. The number of carbonyl (C=O) groups is 2. The van der Waals surface area contributed by atoms with Crippen LogP contribution in [0.1, 0.15) is 11.6 Å². The number of carbonyl (C=O) groups excluding carboxylic acids is 2. The Morgan fingerprint density at radius 3 is 2.30 bits per heavy atom. The molecule has 2 amide bonds. The van der Waals surface area contributed by atoms with Crippen molar-refractivity contribution in [1.82, 2.24) is 9.80 Å². The maximum absolute atomic E-state index is 13.7. The zero-order valence-corrected chi connectivity index (χ0v) is 26.3. The fourth-order valence-electron chi connectivity index (χ4n) is 4.91. The van der Waals surface area contributed by atoms with Gasteiger partial charge in [0.25, 0.3) is 0 Å². The summed E-state index contributed by atoms with van der Waals surface area (Å²) < 4.78 is 31.4. The predicted molar refractivity (Wildman–Crippen MR) is 171 cm³/mol. The third kappa shape index (κ3) is 9.32. The summed E-state index contributed by atoms with van der Waals surface area (Å²) in [5.41, 5.74) is 9.20. The molecule has 4 rings (SSSR count). The Labute approximate surface area is 262 Å². The number of nitrogens with one attached hydrogen (secondary N) is 1. The Bertz CT molecular complexity index is 1550. The average Bonchev–Trinajstić information content (AvgIpc) is 2.96. The van der Waals surface area contributed by atoms with E-state index in [0.717, 1.165) is 36.0 Å². The number of anilines is 2. The second-order valence-corrected chi connectivity index (χ2v) is 13.0. The third-order valence-electron chi connectivity index (χ3n) is 7.13. The first-order valence-electron chi connectivity index (χ1n) is 13.6. The van der Waals surface area contributed by atoms with Crippen molar-refractivity contribution >= 4 is 56.4 Å². The molecule has 10 nitrogen and oxygen atoms in total. The first-order valence-corrected chi connectivity index (χ1v) is 16.3. The number of nitrogens with two attached hydrogens (primary N) is 1. The standard InChI is InChI=1S/C30H35Cl2N5O5S/c1-35(30(39)20-37(19-29(33)38)25-10-11-26(31)27(32)17-25)28(18-36-12-14-42-15-13-36)22-8-6-21(7-9-22)23-4-3-5-24(16-23)34-43(2,40)41/h3-11,16-17,28,34H,12-15,18-20H2,1-2H3,(H2,33,38). The van der Waals surface area contributed by atoms with E-state index in [-0.39, 0.29) is 25.0 Å². The van der Waals surface area contributed by atoms with Crippen molar-refractivity contribution in [2.75, 3.05) is 68.9 Å². The number of amides is 2. The zero-order valence-electron chi connectivity index (χ0n) is 24.0. The summed E-state index contributed by atoms with van der Waals surface area (Å²) in [4.78, 5) is 31.1. The number of primary amides is 1. The van der Waals surface area contributed by atoms with E-state index < -0.39 is 15.9 Å². The lowest BCUT2D eigenvalue weighted by Crippen LogP contribution is -2.47. The fourth-order valence-corrected chi connectivity index (χ4v) is 5.76. The van der Waals surface area contributed by atoms with Crippen LogP contribution in [0, 0.1) is 0 Å². The van der Waals surface area contributed by atoms with Gasteiger partial charge in [0, 0.05) is 38.1 Å². The van der Waals surface area contributed by atoms with Crippen molar-refractivity contribution in [3.63, 3.8) is 0 Å². The molecule has 1 aliphatic rings. The zero-order chi connectivity index (χ0) is 31.1. The summed E-state index contributed by atoms with van der Waals surface area (Å²) in [6.07, 6.45) is 1.11. The molecule has 0 aliphatic carbocycles. The molecule has 3 N–H and O–H groups in total. The first kappa shape index (κ1) is 32.6. The summed E-state index contributed by atoms with van der Waals surface area (Å²) in [7, 11) is -1.66. The molecular weight excluding hydrogens is 613 g/mol. The Balaban J connectivity index is 1.59. The minimum absolute atomic E-state index is 0.102. The highest BCUT2D eigenvalue weighted by Crippen LogP contribution is 2.29. The molecule has 0 bridgehead atoms. The molecule has 13 heteroatoms. The van der Waals surface area contributed by atoms with Crippen LogP contribution in [0.25, 0.3) is 11.1 Å². The van der Waals surface area contributed by atoms with Crippen molar-refractivity contribution in [2.24, 2.45) is 5.73 Å². The number of sulfonamides is 1. The van der Waals surface area contributed by atoms with Gasteiger partial charge in [-0.05, 0) is 47.0 Å². The molecule has 3 aromatic carbocycles. The number of halogens is 2. The molecule has 0 aromatic heterocycles. The quantitative estimate of drug-likeness (QED) is 0.306. The number of hydrogen-bond acceptors (Lipinski definition) is 7. The van der Waals surface area contributed by atoms with Gasteiger partial charge in [-0.3, -0.25) is 19.2 Å². The smallest absolute Gasteiger partial charge is 0.242 e. The molecule has 1 fully saturated rings. The van der Waals surface area contributed by atoms with Gasteiger partial charge in [0.2, 0.25) is 21.8 Å². The van der Waals surface area contributed by atoms with Gasteiger partial charge in [-0.15, -0.1) is 0 Å². The Morgan fingerprint density at radius 1 is 0.977 bits per heavy atom. The van der Waals surface area contributed by atoms with Crippen molar-refractivity contribution < 1.29 is 22.7 Å². The fraction of sp³-hybridized carbons (Fsp3) is 0.333. The number of ether oxygens (including phenoxy) is 1. The van der Waals surface area contributed by atoms with Gasteiger partial charge in [-0.25, -0.2) is 8.42 Å². The molecular formula is C30H35Cl2N5O5S. The second kappa shape index (κ2) is 14.4. The lowest BCUT2D eigenvalue weighted by Gasteiger charge is -2.36. The molecule has 43 heavy (non-hydrogen) atoms. The number of rotatable bonds is 12. The van der Waals surface area contributed by atoms with Gasteiger partial charge >= 0.3 is 0 Å². The normalized spacial score (nSPS) is 14.6. The van der Waals surface area contributed by atoms with Crippen LogP contribution in [0.15, 0.2) is 66.7 Å². The molecule has 0 saturated carbocycles. The van der Waals surface area contributed by atoms with E-state index in [2.05, 4.69) is 9.62 Å². The Morgan fingerprint density at radius 2 is 1.67 bits per heavy atom. The van der Waals surface area contributed by atoms with Crippen molar-refractivity contribution in [3.05, 3.63) is 82.3 Å². The van der Waals surface area contributed by atoms with Gasteiger partial charge in [0.05, 0.1) is 48.6 Å². The summed E-state index contributed by atoms with van der Waals surface area (Å²) >= 11 is 12.3. The van der Waals surface area contributed by atoms with Crippen LogP contribution in [-0.4, -0.2) is 89.3 Å². The molecule has 1 heterocycles. The van der Waals surface area contributed by atoms with Crippen LogP contribution < -0.4 is 15.4 Å². The van der Waals surface area contributed by atoms with Crippen LogP contribution in [-0.2, 0) is 24.3 Å². The number of benzene rings is 3. The molecule has 3 aromatic rings. The van der Waals surface area contributed by atoms with E-state index in [1.54, 1.807) is 53.2 Å². The van der Waals surface area contributed by atoms with E-state index in [1.807, 2.05) is 30.3 Å². The van der Waals surface area contributed by atoms with E-state index in [1.165, 1.54) is 0 Å². The monoisotopic (exact) mass is 647 g/mol. The largest absolute Gasteiger partial charge is 0.379 e. The number of likely N-dealkylation sites (N-methyl/N-ethyl adjacent to an activating group) is 1. The molecule has 1 saturated heterocycles.